The van der Waals surface area contributed by atoms with Crippen molar-refractivity contribution in [1.82, 2.24) is 5.32 Å². The summed E-state index contributed by atoms with van der Waals surface area (Å²) in [5, 5.41) is 13.4. The number of hydrogen-bond donors (Lipinski definition) is 1. The Labute approximate surface area is 155 Å². The van der Waals surface area contributed by atoms with E-state index in [-0.39, 0.29) is 17.3 Å². The van der Waals surface area contributed by atoms with Crippen LogP contribution in [0, 0.1) is 10.1 Å². The summed E-state index contributed by atoms with van der Waals surface area (Å²) in [6.07, 6.45) is 0. The minimum atomic E-state index is -0.453. The Morgan fingerprint density at radius 1 is 1.08 bits per heavy atom. The Bertz CT molecular complexity index is 719. The average Bonchev–Trinajstić information content (AvgIpc) is 2.65. The Morgan fingerprint density at radius 3 is 2.27 bits per heavy atom. The number of nitrogens with one attached hydrogen (secondary N) is 1. The maximum atomic E-state index is 11.8. The number of benzene rings is 2. The molecule has 2 rings (SSSR count). The van der Waals surface area contributed by atoms with E-state index >= 15 is 0 Å². The molecule has 0 aliphatic carbocycles. The lowest BCUT2D eigenvalue weighted by atomic mass is 10.3. The predicted octanol–water partition coefficient (Wildman–Crippen LogP) is 3.28. The van der Waals surface area contributed by atoms with Gasteiger partial charge in [-0.3, -0.25) is 14.9 Å². The molecule has 26 heavy (non-hydrogen) atoms. The first-order chi connectivity index (χ1) is 12.6. The molecule has 0 bridgehead atoms. The maximum Gasteiger partial charge on any atom is 0.269 e. The summed E-state index contributed by atoms with van der Waals surface area (Å²) in [5.74, 6) is 1.61. The van der Waals surface area contributed by atoms with Gasteiger partial charge in [0.1, 0.15) is 18.1 Å². The largest absolute Gasteiger partial charge is 0.494 e. The highest BCUT2D eigenvalue weighted by Gasteiger charge is 2.06. The minimum absolute atomic E-state index is 0.0326. The van der Waals surface area contributed by atoms with Crippen LogP contribution in [-0.2, 0) is 4.79 Å². The third-order valence-electron chi connectivity index (χ3n) is 3.25. The highest BCUT2D eigenvalue weighted by atomic mass is 32.2. The van der Waals surface area contributed by atoms with Crippen LogP contribution in [-0.4, -0.2) is 36.3 Å². The molecule has 0 radical (unpaired) electrons. The van der Waals surface area contributed by atoms with Crippen LogP contribution >= 0.6 is 11.8 Å². The number of thioether (sulfide) groups is 1. The topological polar surface area (TPSA) is 90.7 Å². The lowest BCUT2D eigenvalue weighted by Gasteiger charge is -2.09. The molecule has 0 heterocycles. The number of amides is 1. The second kappa shape index (κ2) is 10.3. The zero-order valence-corrected chi connectivity index (χ0v) is 15.2. The lowest BCUT2D eigenvalue weighted by Crippen LogP contribution is -2.29. The minimum Gasteiger partial charge on any atom is -0.494 e. The molecule has 0 spiro atoms. The fourth-order valence-electron chi connectivity index (χ4n) is 2.02. The Morgan fingerprint density at radius 2 is 1.69 bits per heavy atom. The lowest BCUT2D eigenvalue weighted by molar-refractivity contribution is -0.384. The first kappa shape index (κ1) is 19.6. The number of carbonyl (C=O) groups excluding carboxylic acids is 1. The summed E-state index contributed by atoms with van der Waals surface area (Å²) in [6, 6.07) is 13.4. The van der Waals surface area contributed by atoms with Crippen molar-refractivity contribution in [3.8, 4) is 11.5 Å². The zero-order chi connectivity index (χ0) is 18.8. The van der Waals surface area contributed by atoms with E-state index in [9.17, 15) is 14.9 Å². The van der Waals surface area contributed by atoms with Crippen LogP contribution in [0.4, 0.5) is 5.69 Å². The molecule has 8 heteroatoms. The summed E-state index contributed by atoms with van der Waals surface area (Å²) in [6.45, 7) is 3.30. The monoisotopic (exact) mass is 376 g/mol. The van der Waals surface area contributed by atoms with Gasteiger partial charge in [0.2, 0.25) is 5.91 Å². The third kappa shape index (κ3) is 6.64. The molecule has 1 amide bonds. The predicted molar refractivity (Wildman–Crippen MR) is 99.9 cm³/mol. The van der Waals surface area contributed by atoms with Gasteiger partial charge in [-0.05, 0) is 43.3 Å². The quantitative estimate of drug-likeness (QED) is 0.296. The van der Waals surface area contributed by atoms with E-state index in [1.54, 1.807) is 12.1 Å². The number of hydrogen-bond acceptors (Lipinski definition) is 6. The van der Waals surface area contributed by atoms with Gasteiger partial charge in [-0.1, -0.05) is 0 Å². The van der Waals surface area contributed by atoms with Crippen molar-refractivity contribution in [3.05, 3.63) is 58.6 Å². The molecular formula is C18H20N2O5S. The molecule has 2 aromatic rings. The van der Waals surface area contributed by atoms with Crippen molar-refractivity contribution in [2.24, 2.45) is 0 Å². The van der Waals surface area contributed by atoms with Crippen LogP contribution in [0.25, 0.3) is 0 Å². The standard InChI is InChI=1S/C18H20N2O5S/c1-2-24-15-5-7-16(8-6-15)25-12-11-19-18(21)13-26-17-9-3-14(4-10-17)20(22)23/h3-10H,2,11-13H2,1H3,(H,19,21). The number of non-ortho nitro benzene ring substituents is 1. The number of rotatable bonds is 10. The molecule has 0 unspecified atom stereocenters. The van der Waals surface area contributed by atoms with Crippen LogP contribution in [0.3, 0.4) is 0 Å². The van der Waals surface area contributed by atoms with Crippen LogP contribution in [0.1, 0.15) is 6.92 Å². The number of nitrogens with zero attached hydrogens (tertiary/aromatic N) is 1. The normalized spacial score (nSPS) is 10.2. The number of nitro benzene ring substituents is 1. The molecule has 1 N–H and O–H groups in total. The number of nitro groups is 1. The van der Waals surface area contributed by atoms with Gasteiger partial charge in [-0.25, -0.2) is 0 Å². The van der Waals surface area contributed by atoms with E-state index in [1.165, 1.54) is 23.9 Å². The van der Waals surface area contributed by atoms with E-state index in [0.717, 1.165) is 10.6 Å². The Balaban J connectivity index is 1.63. The summed E-state index contributed by atoms with van der Waals surface area (Å²) in [4.78, 5) is 22.7. The first-order valence-corrected chi connectivity index (χ1v) is 9.06. The third-order valence-corrected chi connectivity index (χ3v) is 4.26. The highest BCUT2D eigenvalue weighted by Crippen LogP contribution is 2.21. The fraction of sp³-hybridized carbons (Fsp3) is 0.278. The number of carbonyl (C=O) groups is 1. The zero-order valence-electron chi connectivity index (χ0n) is 14.3. The average molecular weight is 376 g/mol. The SMILES string of the molecule is CCOc1ccc(OCCNC(=O)CSc2ccc([N+](=O)[O-])cc2)cc1. The van der Waals surface area contributed by atoms with Crippen molar-refractivity contribution in [2.75, 3.05) is 25.5 Å². The van der Waals surface area contributed by atoms with E-state index < -0.39 is 4.92 Å². The van der Waals surface area contributed by atoms with Crippen molar-refractivity contribution < 1.29 is 19.2 Å². The molecular weight excluding hydrogens is 356 g/mol. The van der Waals surface area contributed by atoms with Gasteiger partial charge in [0.25, 0.3) is 5.69 Å². The Kier molecular flexibility index (Phi) is 7.75. The number of ether oxygens (including phenoxy) is 2. The van der Waals surface area contributed by atoms with E-state index in [2.05, 4.69) is 5.32 Å². The van der Waals surface area contributed by atoms with E-state index in [0.29, 0.717) is 25.5 Å². The molecule has 0 aliphatic rings. The van der Waals surface area contributed by atoms with Gasteiger partial charge in [-0.2, -0.15) is 0 Å². The second-order valence-electron chi connectivity index (χ2n) is 5.14. The molecule has 7 nitrogen and oxygen atoms in total. The van der Waals surface area contributed by atoms with Gasteiger partial charge in [0.05, 0.1) is 23.8 Å². The maximum absolute atomic E-state index is 11.8. The summed E-state index contributed by atoms with van der Waals surface area (Å²) >= 11 is 1.32. The molecule has 0 saturated heterocycles. The van der Waals surface area contributed by atoms with Gasteiger partial charge in [-0.15, -0.1) is 11.8 Å². The summed E-state index contributed by atoms with van der Waals surface area (Å²) in [5.41, 5.74) is 0.0326. The Hall–Kier alpha value is -2.74. The van der Waals surface area contributed by atoms with E-state index in [1.807, 2.05) is 31.2 Å². The molecule has 0 saturated carbocycles. The van der Waals surface area contributed by atoms with Gasteiger partial charge in [0, 0.05) is 17.0 Å². The molecule has 0 aliphatic heterocycles. The van der Waals surface area contributed by atoms with Crippen LogP contribution in [0.5, 0.6) is 11.5 Å². The molecule has 0 fully saturated rings. The molecule has 138 valence electrons. The van der Waals surface area contributed by atoms with Crippen LogP contribution in [0.2, 0.25) is 0 Å². The fourth-order valence-corrected chi connectivity index (χ4v) is 2.75. The molecule has 0 atom stereocenters. The second-order valence-corrected chi connectivity index (χ2v) is 6.19. The molecule has 0 aromatic heterocycles. The van der Waals surface area contributed by atoms with E-state index in [4.69, 9.17) is 9.47 Å². The summed E-state index contributed by atoms with van der Waals surface area (Å²) < 4.78 is 10.9. The van der Waals surface area contributed by atoms with Crippen LogP contribution in [0.15, 0.2) is 53.4 Å². The smallest absolute Gasteiger partial charge is 0.269 e. The first-order valence-electron chi connectivity index (χ1n) is 8.08. The van der Waals surface area contributed by atoms with Crippen LogP contribution < -0.4 is 14.8 Å². The van der Waals surface area contributed by atoms with Gasteiger partial charge < -0.3 is 14.8 Å². The van der Waals surface area contributed by atoms with Crippen molar-refractivity contribution in [1.29, 1.82) is 0 Å². The van der Waals surface area contributed by atoms with Crippen molar-refractivity contribution >= 4 is 23.4 Å². The van der Waals surface area contributed by atoms with Crippen molar-refractivity contribution in [3.63, 3.8) is 0 Å². The van der Waals surface area contributed by atoms with Gasteiger partial charge in [0.15, 0.2) is 0 Å². The highest BCUT2D eigenvalue weighted by molar-refractivity contribution is 8.00. The summed E-state index contributed by atoms with van der Waals surface area (Å²) in [7, 11) is 0. The van der Waals surface area contributed by atoms with Crippen molar-refractivity contribution in [2.45, 2.75) is 11.8 Å². The van der Waals surface area contributed by atoms with Gasteiger partial charge >= 0.3 is 0 Å². The molecule has 2 aromatic carbocycles.